The van der Waals surface area contributed by atoms with E-state index in [2.05, 4.69) is 5.32 Å². The van der Waals surface area contributed by atoms with Gasteiger partial charge in [-0.1, -0.05) is 41.9 Å². The number of hydrogen-bond donors (Lipinski definition) is 1. The molecule has 1 amide bonds. The topological polar surface area (TPSA) is 42.0 Å². The van der Waals surface area contributed by atoms with Gasteiger partial charge in [0.2, 0.25) is 0 Å². The van der Waals surface area contributed by atoms with Gasteiger partial charge in [-0.05, 0) is 48.9 Å². The van der Waals surface area contributed by atoms with Crippen LogP contribution in [0.4, 0.5) is 5.69 Å². The Kier molecular flexibility index (Phi) is 4.45. The second kappa shape index (κ2) is 6.90. The van der Waals surface area contributed by atoms with Crippen LogP contribution in [0.2, 0.25) is 5.02 Å². The van der Waals surface area contributed by atoms with E-state index >= 15 is 0 Å². The van der Waals surface area contributed by atoms with Crippen molar-refractivity contribution in [1.29, 1.82) is 0 Å². The summed E-state index contributed by atoms with van der Waals surface area (Å²) in [6.45, 7) is 1.91. The maximum Gasteiger partial charge on any atom is 0.255 e. The Labute approximate surface area is 160 Å². The van der Waals surface area contributed by atoms with Gasteiger partial charge in [0, 0.05) is 16.1 Å². The van der Waals surface area contributed by atoms with Gasteiger partial charge in [-0.15, -0.1) is 11.3 Å². The normalized spacial score (nSPS) is 10.8. The third kappa shape index (κ3) is 3.21. The van der Waals surface area contributed by atoms with Crippen LogP contribution in [0.1, 0.15) is 15.9 Å². The first-order chi connectivity index (χ1) is 12.6. The highest BCUT2D eigenvalue weighted by molar-refractivity contribution is 7.21. The van der Waals surface area contributed by atoms with Crippen LogP contribution < -0.4 is 5.32 Å². The number of aromatic nitrogens is 1. The molecule has 0 unspecified atom stereocenters. The largest absolute Gasteiger partial charge is 0.321 e. The minimum Gasteiger partial charge on any atom is -0.321 e. The van der Waals surface area contributed by atoms with Gasteiger partial charge < -0.3 is 5.32 Å². The summed E-state index contributed by atoms with van der Waals surface area (Å²) in [6, 6.07) is 21.0. The average Bonchev–Trinajstić information content (AvgIpc) is 3.08. The van der Waals surface area contributed by atoms with Crippen LogP contribution in [0.15, 0.2) is 66.7 Å². The number of nitrogens with one attached hydrogen (secondary N) is 1. The Hall–Kier alpha value is -2.69. The fraction of sp³-hybridized carbons (Fsp3) is 0.0476. The number of benzene rings is 3. The van der Waals surface area contributed by atoms with Gasteiger partial charge in [-0.3, -0.25) is 4.79 Å². The standard InChI is InChI=1S/C21H15ClN2OS/c1-13-10-11-14(12-16(13)22)20(25)23-17-7-3-2-6-15(17)21-24-18-8-4-5-9-19(18)26-21/h2-12H,1H3,(H,23,25). The molecule has 0 aliphatic carbocycles. The fourth-order valence-electron chi connectivity index (χ4n) is 2.69. The number of para-hydroxylation sites is 2. The molecule has 128 valence electrons. The molecule has 5 heteroatoms. The molecular weight excluding hydrogens is 364 g/mol. The number of carbonyl (C=O) groups is 1. The number of hydrogen-bond acceptors (Lipinski definition) is 3. The van der Waals surface area contributed by atoms with E-state index in [-0.39, 0.29) is 5.91 Å². The van der Waals surface area contributed by atoms with Gasteiger partial charge in [-0.2, -0.15) is 0 Å². The third-order valence-electron chi connectivity index (χ3n) is 4.13. The number of nitrogens with zero attached hydrogens (tertiary/aromatic N) is 1. The highest BCUT2D eigenvalue weighted by atomic mass is 35.5. The fourth-order valence-corrected chi connectivity index (χ4v) is 3.88. The van der Waals surface area contributed by atoms with Crippen LogP contribution in [-0.4, -0.2) is 10.9 Å². The van der Waals surface area contributed by atoms with Gasteiger partial charge in [-0.25, -0.2) is 4.98 Å². The summed E-state index contributed by atoms with van der Waals surface area (Å²) in [5.41, 5.74) is 4.06. The Morgan fingerprint density at radius 1 is 1.04 bits per heavy atom. The van der Waals surface area contributed by atoms with E-state index in [1.807, 2.05) is 61.5 Å². The Morgan fingerprint density at radius 2 is 1.81 bits per heavy atom. The van der Waals surface area contributed by atoms with Gasteiger partial charge >= 0.3 is 0 Å². The predicted molar refractivity (Wildman–Crippen MR) is 109 cm³/mol. The summed E-state index contributed by atoms with van der Waals surface area (Å²) < 4.78 is 1.12. The number of amides is 1. The molecule has 1 heterocycles. The van der Waals surface area contributed by atoms with Gasteiger partial charge in [0.1, 0.15) is 5.01 Å². The zero-order valence-corrected chi connectivity index (χ0v) is 15.6. The molecular formula is C21H15ClN2OS. The van der Waals surface area contributed by atoms with Crippen LogP contribution in [0, 0.1) is 6.92 Å². The summed E-state index contributed by atoms with van der Waals surface area (Å²) in [4.78, 5) is 17.3. The number of rotatable bonds is 3. The van der Waals surface area contributed by atoms with Crippen molar-refractivity contribution in [1.82, 2.24) is 4.98 Å². The highest BCUT2D eigenvalue weighted by Gasteiger charge is 2.14. The summed E-state index contributed by atoms with van der Waals surface area (Å²) in [5, 5.41) is 4.44. The molecule has 0 fully saturated rings. The number of anilines is 1. The zero-order valence-electron chi connectivity index (χ0n) is 14.0. The van der Waals surface area contributed by atoms with Crippen LogP contribution in [0.3, 0.4) is 0 Å². The first-order valence-corrected chi connectivity index (χ1v) is 9.34. The zero-order chi connectivity index (χ0) is 18.1. The maximum absolute atomic E-state index is 12.6. The predicted octanol–water partition coefficient (Wildman–Crippen LogP) is 6.18. The third-order valence-corrected chi connectivity index (χ3v) is 5.61. The molecule has 1 N–H and O–H groups in total. The Morgan fingerprint density at radius 3 is 2.62 bits per heavy atom. The molecule has 3 nitrogen and oxygen atoms in total. The number of thiazole rings is 1. The van der Waals surface area contributed by atoms with E-state index in [4.69, 9.17) is 16.6 Å². The molecule has 0 aliphatic heterocycles. The van der Waals surface area contributed by atoms with Crippen molar-refractivity contribution in [3.8, 4) is 10.6 Å². The highest BCUT2D eigenvalue weighted by Crippen LogP contribution is 2.34. The first-order valence-electron chi connectivity index (χ1n) is 8.14. The quantitative estimate of drug-likeness (QED) is 0.462. The number of halogens is 1. The van der Waals surface area contributed by atoms with E-state index in [0.717, 1.165) is 32.0 Å². The summed E-state index contributed by atoms with van der Waals surface area (Å²) >= 11 is 7.75. The molecule has 0 radical (unpaired) electrons. The lowest BCUT2D eigenvalue weighted by Gasteiger charge is -2.10. The van der Waals surface area contributed by atoms with E-state index < -0.39 is 0 Å². The lowest BCUT2D eigenvalue weighted by molar-refractivity contribution is 0.102. The summed E-state index contributed by atoms with van der Waals surface area (Å²) in [5.74, 6) is -0.194. The molecule has 0 bridgehead atoms. The first kappa shape index (κ1) is 16.8. The van der Waals surface area contributed by atoms with Gasteiger partial charge in [0.15, 0.2) is 0 Å². The van der Waals surface area contributed by atoms with Gasteiger partial charge in [0.25, 0.3) is 5.91 Å². The smallest absolute Gasteiger partial charge is 0.255 e. The van der Waals surface area contributed by atoms with E-state index in [0.29, 0.717) is 10.6 Å². The van der Waals surface area contributed by atoms with Crippen LogP contribution in [-0.2, 0) is 0 Å². The molecule has 0 saturated heterocycles. The van der Waals surface area contributed by atoms with Crippen molar-refractivity contribution in [2.75, 3.05) is 5.32 Å². The molecule has 0 spiro atoms. The van der Waals surface area contributed by atoms with E-state index in [9.17, 15) is 4.79 Å². The van der Waals surface area contributed by atoms with Crippen LogP contribution in [0.5, 0.6) is 0 Å². The second-order valence-corrected chi connectivity index (χ2v) is 7.39. The van der Waals surface area contributed by atoms with Crippen LogP contribution >= 0.6 is 22.9 Å². The average molecular weight is 379 g/mol. The molecule has 0 atom stereocenters. The molecule has 4 aromatic rings. The SMILES string of the molecule is Cc1ccc(C(=O)Nc2ccccc2-c2nc3ccccc3s2)cc1Cl. The number of aryl methyl sites for hydroxylation is 1. The van der Waals surface area contributed by atoms with Crippen molar-refractivity contribution < 1.29 is 4.79 Å². The molecule has 1 aromatic heterocycles. The lowest BCUT2D eigenvalue weighted by Crippen LogP contribution is -2.12. The summed E-state index contributed by atoms with van der Waals surface area (Å²) in [6.07, 6.45) is 0. The van der Waals surface area contributed by atoms with Crippen molar-refractivity contribution >= 4 is 44.7 Å². The lowest BCUT2D eigenvalue weighted by atomic mass is 10.1. The molecule has 0 saturated carbocycles. The minimum atomic E-state index is -0.194. The summed E-state index contributed by atoms with van der Waals surface area (Å²) in [7, 11) is 0. The monoisotopic (exact) mass is 378 g/mol. The molecule has 26 heavy (non-hydrogen) atoms. The van der Waals surface area contributed by atoms with Crippen molar-refractivity contribution in [3.05, 3.63) is 82.9 Å². The molecule has 0 aliphatic rings. The number of carbonyl (C=O) groups excluding carboxylic acids is 1. The van der Waals surface area contributed by atoms with Crippen molar-refractivity contribution in [2.45, 2.75) is 6.92 Å². The van der Waals surface area contributed by atoms with E-state index in [1.165, 1.54) is 0 Å². The minimum absolute atomic E-state index is 0.194. The molecule has 4 rings (SSSR count). The van der Waals surface area contributed by atoms with Crippen LogP contribution in [0.25, 0.3) is 20.8 Å². The Balaban J connectivity index is 1.69. The van der Waals surface area contributed by atoms with E-state index in [1.54, 1.807) is 23.5 Å². The maximum atomic E-state index is 12.6. The van der Waals surface area contributed by atoms with Crippen molar-refractivity contribution in [3.63, 3.8) is 0 Å². The van der Waals surface area contributed by atoms with Gasteiger partial charge in [0.05, 0.1) is 15.9 Å². The number of fused-ring (bicyclic) bond motifs is 1. The second-order valence-electron chi connectivity index (χ2n) is 5.95. The van der Waals surface area contributed by atoms with Crippen molar-refractivity contribution in [2.24, 2.45) is 0 Å². The molecule has 3 aromatic carbocycles. The Bertz CT molecular complexity index is 1090.